The van der Waals surface area contributed by atoms with Gasteiger partial charge in [-0.25, -0.2) is 9.59 Å². The van der Waals surface area contributed by atoms with E-state index >= 15 is 0 Å². The molecule has 0 fully saturated rings. The molecule has 166 valence electrons. The van der Waals surface area contributed by atoms with Crippen LogP contribution in [0.2, 0.25) is 0 Å². The Kier molecular flexibility index (Phi) is 8.80. The molecule has 1 amide bonds. The summed E-state index contributed by atoms with van der Waals surface area (Å²) in [6, 6.07) is 10.6. The zero-order valence-electron chi connectivity index (χ0n) is 17.2. The number of benzene rings is 2. The van der Waals surface area contributed by atoms with Crippen molar-refractivity contribution in [3.8, 4) is 17.6 Å². The second-order valence-electron chi connectivity index (χ2n) is 6.14. The molecule has 0 heterocycles. The molecule has 9 nitrogen and oxygen atoms in total. The van der Waals surface area contributed by atoms with Gasteiger partial charge in [-0.3, -0.25) is 4.79 Å². The molecule has 2 aromatic carbocycles. The predicted octanol–water partition coefficient (Wildman–Crippen LogP) is 3.64. The van der Waals surface area contributed by atoms with Gasteiger partial charge >= 0.3 is 11.9 Å². The Balaban J connectivity index is 2.26. The second kappa shape index (κ2) is 11.5. The molecule has 0 aliphatic carbocycles. The monoisotopic (exact) mass is 502 g/mol. The van der Waals surface area contributed by atoms with Crippen LogP contribution in [0, 0.1) is 11.3 Å². The molecule has 0 saturated carbocycles. The number of amides is 1. The lowest BCUT2D eigenvalue weighted by Crippen LogP contribution is -2.15. The van der Waals surface area contributed by atoms with Crippen LogP contribution in [-0.2, 0) is 14.3 Å². The third-order valence-corrected chi connectivity index (χ3v) is 4.52. The van der Waals surface area contributed by atoms with E-state index in [1.807, 2.05) is 6.07 Å². The number of aromatic carboxylic acids is 1. The normalized spacial score (nSPS) is 10.6. The number of nitriles is 1. The predicted molar refractivity (Wildman–Crippen MR) is 118 cm³/mol. The van der Waals surface area contributed by atoms with Crippen LogP contribution in [0.25, 0.3) is 6.08 Å². The summed E-state index contributed by atoms with van der Waals surface area (Å²) in [4.78, 5) is 35.1. The number of anilines is 1. The molecule has 0 saturated heterocycles. The van der Waals surface area contributed by atoms with Crippen molar-refractivity contribution in [1.29, 1.82) is 5.26 Å². The fourth-order valence-electron chi connectivity index (χ4n) is 2.54. The number of carboxylic acid groups (broad SMARTS) is 1. The van der Waals surface area contributed by atoms with Crippen molar-refractivity contribution in [3.63, 3.8) is 0 Å². The summed E-state index contributed by atoms with van der Waals surface area (Å²) in [7, 11) is 1.40. The molecule has 0 aliphatic rings. The van der Waals surface area contributed by atoms with Crippen LogP contribution in [0.5, 0.6) is 11.5 Å². The standard InChI is InChI=1S/C22H19BrN2O7/c1-3-31-19(26)12-32-20-17(23)8-13(9-18(20)30-2)7-15(11-24)21(27)25-16-6-4-5-14(10-16)22(28)29/h4-10H,3,12H2,1-2H3,(H,25,27)(H,28,29)/b15-7-. The number of hydrogen-bond donors (Lipinski definition) is 2. The smallest absolute Gasteiger partial charge is 0.344 e. The SMILES string of the molecule is CCOC(=O)COc1c(Br)cc(/C=C(/C#N)C(=O)Nc2cccc(C(=O)O)c2)cc1OC. The minimum absolute atomic E-state index is 0.00244. The van der Waals surface area contributed by atoms with E-state index in [2.05, 4.69) is 21.2 Å². The molecular weight excluding hydrogens is 484 g/mol. The molecule has 0 atom stereocenters. The number of esters is 1. The highest BCUT2D eigenvalue weighted by atomic mass is 79.9. The lowest BCUT2D eigenvalue weighted by Gasteiger charge is -2.13. The Morgan fingerprint density at radius 2 is 2.00 bits per heavy atom. The maximum Gasteiger partial charge on any atom is 0.344 e. The fourth-order valence-corrected chi connectivity index (χ4v) is 3.11. The molecule has 32 heavy (non-hydrogen) atoms. The number of carbonyl (C=O) groups excluding carboxylic acids is 2. The minimum atomic E-state index is -1.14. The van der Waals surface area contributed by atoms with Crippen molar-refractivity contribution in [3.05, 3.63) is 57.6 Å². The summed E-state index contributed by atoms with van der Waals surface area (Å²) in [5.41, 5.74) is 0.456. The highest BCUT2D eigenvalue weighted by Crippen LogP contribution is 2.37. The van der Waals surface area contributed by atoms with Gasteiger partial charge in [0.05, 0.1) is 23.8 Å². The Bertz CT molecular complexity index is 1110. The Morgan fingerprint density at radius 1 is 1.25 bits per heavy atom. The number of hydrogen-bond acceptors (Lipinski definition) is 7. The molecule has 0 radical (unpaired) electrons. The first-order chi connectivity index (χ1) is 15.3. The van der Waals surface area contributed by atoms with Crippen LogP contribution in [0.15, 0.2) is 46.4 Å². The summed E-state index contributed by atoms with van der Waals surface area (Å²) in [5, 5.41) is 21.0. The van der Waals surface area contributed by atoms with Gasteiger partial charge in [0.15, 0.2) is 18.1 Å². The second-order valence-corrected chi connectivity index (χ2v) is 6.99. The van der Waals surface area contributed by atoms with Crippen LogP contribution < -0.4 is 14.8 Å². The quantitative estimate of drug-likeness (QED) is 0.301. The van der Waals surface area contributed by atoms with Crippen LogP contribution in [0.4, 0.5) is 5.69 Å². The van der Waals surface area contributed by atoms with Gasteiger partial charge in [0, 0.05) is 5.69 Å². The maximum absolute atomic E-state index is 12.5. The van der Waals surface area contributed by atoms with Crippen molar-refractivity contribution in [2.75, 3.05) is 25.6 Å². The fraction of sp³-hybridized carbons (Fsp3) is 0.182. The number of ether oxygens (including phenoxy) is 3. The average molecular weight is 503 g/mol. The first kappa shape index (κ1) is 24.4. The number of methoxy groups -OCH3 is 1. The van der Waals surface area contributed by atoms with Gasteiger partial charge in [-0.2, -0.15) is 5.26 Å². The van der Waals surface area contributed by atoms with Gasteiger partial charge in [0.1, 0.15) is 11.6 Å². The maximum atomic E-state index is 12.5. The third-order valence-electron chi connectivity index (χ3n) is 3.93. The third kappa shape index (κ3) is 6.58. The lowest BCUT2D eigenvalue weighted by molar-refractivity contribution is -0.145. The van der Waals surface area contributed by atoms with E-state index in [1.165, 1.54) is 43.5 Å². The molecule has 2 aromatic rings. The topological polar surface area (TPSA) is 135 Å². The number of rotatable bonds is 9. The van der Waals surface area contributed by atoms with E-state index in [0.717, 1.165) is 0 Å². The molecule has 0 bridgehead atoms. The van der Waals surface area contributed by atoms with Crippen molar-refractivity contribution in [1.82, 2.24) is 0 Å². The van der Waals surface area contributed by atoms with Gasteiger partial charge in [-0.15, -0.1) is 0 Å². The number of nitrogens with zero attached hydrogens (tertiary/aromatic N) is 1. The Labute approximate surface area is 192 Å². The van der Waals surface area contributed by atoms with Crippen molar-refractivity contribution < 1.29 is 33.7 Å². The minimum Gasteiger partial charge on any atom is -0.493 e. The van der Waals surface area contributed by atoms with Gasteiger partial charge in [-0.1, -0.05) is 6.07 Å². The van der Waals surface area contributed by atoms with Crippen LogP contribution in [-0.4, -0.2) is 43.3 Å². The summed E-state index contributed by atoms with van der Waals surface area (Å²) in [6.07, 6.45) is 1.33. The first-order valence-corrected chi connectivity index (χ1v) is 10.0. The van der Waals surface area contributed by atoms with E-state index in [9.17, 15) is 19.6 Å². The zero-order valence-corrected chi connectivity index (χ0v) is 18.8. The lowest BCUT2D eigenvalue weighted by atomic mass is 10.1. The molecule has 2 rings (SSSR count). The molecule has 10 heteroatoms. The average Bonchev–Trinajstić information content (AvgIpc) is 2.76. The molecule has 0 unspecified atom stereocenters. The van der Waals surface area contributed by atoms with E-state index in [-0.39, 0.29) is 41.5 Å². The summed E-state index contributed by atoms with van der Waals surface area (Å²) < 4.78 is 16.0. The molecule has 2 N–H and O–H groups in total. The van der Waals surface area contributed by atoms with Gasteiger partial charge in [0.2, 0.25) is 0 Å². The number of nitrogens with one attached hydrogen (secondary N) is 1. The van der Waals surface area contributed by atoms with Crippen molar-refractivity contribution >= 4 is 45.5 Å². The van der Waals surface area contributed by atoms with Crippen molar-refractivity contribution in [2.45, 2.75) is 6.92 Å². The Hall–Kier alpha value is -3.84. The number of carboxylic acids is 1. The highest BCUT2D eigenvalue weighted by Gasteiger charge is 2.16. The van der Waals surface area contributed by atoms with Crippen molar-refractivity contribution in [2.24, 2.45) is 0 Å². The largest absolute Gasteiger partial charge is 0.493 e. The van der Waals surface area contributed by atoms with Gasteiger partial charge < -0.3 is 24.6 Å². The molecule has 0 aromatic heterocycles. The van der Waals surface area contributed by atoms with E-state index < -0.39 is 17.8 Å². The molecular formula is C22H19BrN2O7. The van der Waals surface area contributed by atoms with Gasteiger partial charge in [0.25, 0.3) is 5.91 Å². The van der Waals surface area contributed by atoms with Crippen LogP contribution in [0.3, 0.4) is 0 Å². The zero-order chi connectivity index (χ0) is 23.7. The molecule has 0 aliphatic heterocycles. The van der Waals surface area contributed by atoms with E-state index in [0.29, 0.717) is 10.0 Å². The summed E-state index contributed by atoms with van der Waals surface area (Å²) in [5.74, 6) is -1.87. The highest BCUT2D eigenvalue weighted by molar-refractivity contribution is 9.10. The van der Waals surface area contributed by atoms with E-state index in [4.69, 9.17) is 19.3 Å². The first-order valence-electron chi connectivity index (χ1n) is 9.21. The van der Waals surface area contributed by atoms with Crippen LogP contribution in [0.1, 0.15) is 22.8 Å². The van der Waals surface area contributed by atoms with Gasteiger partial charge in [-0.05, 0) is 64.8 Å². The summed E-state index contributed by atoms with van der Waals surface area (Å²) in [6.45, 7) is 1.59. The number of halogens is 1. The summed E-state index contributed by atoms with van der Waals surface area (Å²) >= 11 is 3.33. The molecule has 0 spiro atoms. The van der Waals surface area contributed by atoms with E-state index in [1.54, 1.807) is 13.0 Å². The number of carbonyl (C=O) groups is 3. The van der Waals surface area contributed by atoms with Crippen LogP contribution >= 0.6 is 15.9 Å². The Morgan fingerprint density at radius 3 is 2.62 bits per heavy atom.